The van der Waals surface area contributed by atoms with Crippen molar-refractivity contribution >= 4 is 39.0 Å². The molecule has 3 aromatic rings. The molecule has 35 heavy (non-hydrogen) atoms. The second-order valence-corrected chi connectivity index (χ2v) is 8.96. The van der Waals surface area contributed by atoms with Crippen molar-refractivity contribution < 1.29 is 24.2 Å². The number of benzene rings is 1. The van der Waals surface area contributed by atoms with E-state index >= 15 is 0 Å². The van der Waals surface area contributed by atoms with Gasteiger partial charge in [0, 0.05) is 22.0 Å². The molecule has 1 aliphatic heterocycles. The first-order valence-corrected chi connectivity index (χ1v) is 11.7. The Labute approximate surface area is 208 Å². The molecule has 1 aromatic carbocycles. The highest BCUT2D eigenvalue weighted by Gasteiger charge is 2.27. The van der Waals surface area contributed by atoms with Gasteiger partial charge in [-0.05, 0) is 63.3 Å². The number of aromatic nitrogens is 3. The molecule has 176 valence electrons. The van der Waals surface area contributed by atoms with Crippen molar-refractivity contribution in [2.75, 3.05) is 0 Å². The first kappa shape index (κ1) is 22.8. The third-order valence-corrected chi connectivity index (χ3v) is 6.95. The summed E-state index contributed by atoms with van der Waals surface area (Å²) in [5.41, 5.74) is 5.80. The standard InChI is InChI=1S/C26H20BrN3O5/c1-3-20-29-23-13(2)10-19(26(33)34)28-24(23)30(20)11-17-14-8-9-35-12-18(14)22(27)21(17)15-6-4-5-7-16(15)25(31)32/h4-10,12H,3,11H2,1-2H3,(H,31,32)(H,33,34). The van der Waals surface area contributed by atoms with Crippen LogP contribution in [-0.4, -0.2) is 36.7 Å². The first-order valence-electron chi connectivity index (χ1n) is 10.9. The Balaban J connectivity index is 1.81. The number of aromatic carboxylic acids is 2. The fraction of sp³-hybridized carbons (Fsp3) is 0.154. The number of carboxylic acids is 2. The molecule has 3 heterocycles. The van der Waals surface area contributed by atoms with E-state index in [0.717, 1.165) is 38.1 Å². The third-order valence-electron chi connectivity index (χ3n) is 6.12. The lowest BCUT2D eigenvalue weighted by molar-refractivity contribution is 0.0683. The van der Waals surface area contributed by atoms with Crippen LogP contribution in [0.1, 0.15) is 44.7 Å². The lowest BCUT2D eigenvalue weighted by atomic mass is 9.98. The molecule has 0 unspecified atom stereocenters. The van der Waals surface area contributed by atoms with Crippen LogP contribution in [0.2, 0.25) is 0 Å². The molecule has 2 aliphatic rings. The zero-order valence-corrected chi connectivity index (χ0v) is 20.5. The molecule has 0 atom stereocenters. The van der Waals surface area contributed by atoms with Gasteiger partial charge in [0.2, 0.25) is 0 Å². The monoisotopic (exact) mass is 533 g/mol. The van der Waals surface area contributed by atoms with E-state index in [1.807, 2.05) is 24.5 Å². The summed E-state index contributed by atoms with van der Waals surface area (Å²) < 4.78 is 8.05. The molecule has 2 N–H and O–H groups in total. The Kier molecular flexibility index (Phi) is 5.64. The fourth-order valence-electron chi connectivity index (χ4n) is 4.53. The van der Waals surface area contributed by atoms with Crippen molar-refractivity contribution in [2.24, 2.45) is 0 Å². The maximum atomic E-state index is 12.0. The summed E-state index contributed by atoms with van der Waals surface area (Å²) in [6.45, 7) is 4.10. The minimum absolute atomic E-state index is 0.0532. The molecule has 0 spiro atoms. The van der Waals surface area contributed by atoms with E-state index in [1.54, 1.807) is 36.8 Å². The van der Waals surface area contributed by atoms with Crippen LogP contribution < -0.4 is 0 Å². The van der Waals surface area contributed by atoms with Crippen LogP contribution in [0.4, 0.5) is 0 Å². The molecule has 9 heteroatoms. The largest absolute Gasteiger partial charge is 0.478 e. The van der Waals surface area contributed by atoms with Gasteiger partial charge in [-0.1, -0.05) is 25.1 Å². The van der Waals surface area contributed by atoms with Gasteiger partial charge in [-0.3, -0.25) is 0 Å². The number of carbonyl (C=O) groups is 2. The van der Waals surface area contributed by atoms with Crippen LogP contribution in [-0.2, 0) is 13.0 Å². The zero-order valence-electron chi connectivity index (χ0n) is 18.9. The van der Waals surface area contributed by atoms with Gasteiger partial charge >= 0.3 is 11.9 Å². The number of pyridine rings is 1. The number of nitrogens with zero attached hydrogens (tertiary/aromatic N) is 3. The van der Waals surface area contributed by atoms with Crippen molar-refractivity contribution in [1.29, 1.82) is 0 Å². The van der Waals surface area contributed by atoms with Crippen LogP contribution in [0, 0.1) is 6.92 Å². The SMILES string of the molecule is CCc1nc2c(C)cc(C(=O)O)nc2n1Cc1c2ccocc-2c(Br)c1-c1ccccc1C(=O)O. The van der Waals surface area contributed by atoms with Gasteiger partial charge in [0.15, 0.2) is 11.3 Å². The van der Waals surface area contributed by atoms with Gasteiger partial charge in [-0.25, -0.2) is 19.6 Å². The molecule has 0 saturated carbocycles. The Morgan fingerprint density at radius 3 is 2.54 bits per heavy atom. The van der Waals surface area contributed by atoms with Crippen molar-refractivity contribution in [2.45, 2.75) is 26.8 Å². The second-order valence-electron chi connectivity index (χ2n) is 8.17. The Morgan fingerprint density at radius 2 is 1.83 bits per heavy atom. The average molecular weight is 534 g/mol. The summed E-state index contributed by atoms with van der Waals surface area (Å²) in [6, 6.07) is 10.2. The minimum Gasteiger partial charge on any atom is -0.478 e. The zero-order chi connectivity index (χ0) is 24.9. The smallest absolute Gasteiger partial charge is 0.354 e. The molecule has 0 radical (unpaired) electrons. The topological polar surface area (TPSA) is 118 Å². The molecule has 0 fully saturated rings. The summed E-state index contributed by atoms with van der Waals surface area (Å²) in [7, 11) is 0. The van der Waals surface area contributed by atoms with Gasteiger partial charge in [0.1, 0.15) is 11.3 Å². The van der Waals surface area contributed by atoms with Crippen molar-refractivity contribution in [1.82, 2.24) is 14.5 Å². The highest BCUT2D eigenvalue weighted by atomic mass is 79.9. The summed E-state index contributed by atoms with van der Waals surface area (Å²) in [5.74, 6) is -1.39. The number of carboxylic acid groups (broad SMARTS) is 2. The van der Waals surface area contributed by atoms with Crippen molar-refractivity contribution in [3.63, 3.8) is 0 Å². The first-order chi connectivity index (χ1) is 16.8. The molecule has 2 aromatic heterocycles. The van der Waals surface area contributed by atoms with Crippen LogP contribution >= 0.6 is 15.9 Å². The summed E-state index contributed by atoms with van der Waals surface area (Å²) in [4.78, 5) is 32.9. The highest BCUT2D eigenvalue weighted by molar-refractivity contribution is 9.10. The van der Waals surface area contributed by atoms with E-state index in [0.29, 0.717) is 29.7 Å². The Bertz CT molecular complexity index is 1600. The van der Waals surface area contributed by atoms with E-state index < -0.39 is 11.9 Å². The average Bonchev–Trinajstić information content (AvgIpc) is 3.34. The van der Waals surface area contributed by atoms with Crippen molar-refractivity contribution in [3.05, 3.63) is 81.6 Å². The van der Waals surface area contributed by atoms with Crippen molar-refractivity contribution in [3.8, 4) is 22.3 Å². The number of halogens is 1. The van der Waals surface area contributed by atoms with Crippen LogP contribution in [0.3, 0.4) is 0 Å². The van der Waals surface area contributed by atoms with Crippen LogP contribution in [0.5, 0.6) is 0 Å². The third kappa shape index (κ3) is 3.68. The Morgan fingerprint density at radius 1 is 1.06 bits per heavy atom. The van der Waals surface area contributed by atoms with E-state index in [4.69, 9.17) is 9.40 Å². The lowest BCUT2D eigenvalue weighted by Crippen LogP contribution is -2.09. The van der Waals surface area contributed by atoms with Gasteiger partial charge in [0.25, 0.3) is 0 Å². The molecule has 0 saturated heterocycles. The quantitative estimate of drug-likeness (QED) is 0.280. The summed E-state index contributed by atoms with van der Waals surface area (Å²) in [6.07, 6.45) is 3.80. The normalized spacial score (nSPS) is 11.4. The second kappa shape index (κ2) is 8.66. The maximum Gasteiger partial charge on any atom is 0.354 e. The molecule has 1 aliphatic carbocycles. The van der Waals surface area contributed by atoms with Crippen LogP contribution in [0.15, 0.2) is 57.8 Å². The van der Waals surface area contributed by atoms with Gasteiger partial charge in [-0.15, -0.1) is 0 Å². The number of hydrogen-bond acceptors (Lipinski definition) is 5. The maximum absolute atomic E-state index is 12.0. The van der Waals surface area contributed by atoms with Crippen LogP contribution in [0.25, 0.3) is 33.4 Å². The van der Waals surface area contributed by atoms with E-state index in [1.165, 1.54) is 6.07 Å². The van der Waals surface area contributed by atoms with E-state index in [9.17, 15) is 19.8 Å². The molecular formula is C26H20BrN3O5. The molecule has 0 amide bonds. The fourth-order valence-corrected chi connectivity index (χ4v) is 5.29. The highest BCUT2D eigenvalue weighted by Crippen LogP contribution is 2.47. The number of fused-ring (bicyclic) bond motifs is 2. The van der Waals surface area contributed by atoms with E-state index in [2.05, 4.69) is 20.9 Å². The number of hydrogen-bond donors (Lipinski definition) is 2. The van der Waals surface area contributed by atoms with Gasteiger partial charge in [-0.2, -0.15) is 0 Å². The lowest BCUT2D eigenvalue weighted by Gasteiger charge is -2.13. The predicted octanol–water partition coefficient (Wildman–Crippen LogP) is 5.87. The number of rotatable bonds is 6. The molecule has 5 rings (SSSR count). The molecular weight excluding hydrogens is 514 g/mol. The molecule has 8 nitrogen and oxygen atoms in total. The summed E-state index contributed by atoms with van der Waals surface area (Å²) in [5, 5.41) is 19.4. The predicted molar refractivity (Wildman–Crippen MR) is 133 cm³/mol. The Hall–Kier alpha value is -3.98. The summed E-state index contributed by atoms with van der Waals surface area (Å²) >= 11 is 3.68. The van der Waals surface area contributed by atoms with Gasteiger partial charge in [0.05, 0.1) is 24.6 Å². The number of aryl methyl sites for hydroxylation is 2. The molecule has 0 bridgehead atoms. The number of imidazole rings is 1. The van der Waals surface area contributed by atoms with Gasteiger partial charge < -0.3 is 19.2 Å². The van der Waals surface area contributed by atoms with E-state index in [-0.39, 0.29) is 11.3 Å². The minimum atomic E-state index is -1.11.